The Balaban J connectivity index is 2.82. The quantitative estimate of drug-likeness (QED) is 0.627. The fourth-order valence-electron chi connectivity index (χ4n) is 0.683. The highest BCUT2D eigenvalue weighted by Gasteiger charge is 2.07. The van der Waals surface area contributed by atoms with Crippen LogP contribution >= 0.6 is 0 Å². The summed E-state index contributed by atoms with van der Waals surface area (Å²) in [5, 5.41) is 0. The standard InChI is InChI=1S/C6H6FNO2S/c7-11(9,10)5-6-2-1-3-8-4-6/h1-4H,5H2. The first-order valence-corrected chi connectivity index (χ1v) is 4.44. The highest BCUT2D eigenvalue weighted by molar-refractivity contribution is 7.85. The Hall–Kier alpha value is -0.970. The van der Waals surface area contributed by atoms with Gasteiger partial charge in [-0.25, -0.2) is 0 Å². The van der Waals surface area contributed by atoms with E-state index in [2.05, 4.69) is 4.98 Å². The van der Waals surface area contributed by atoms with E-state index in [4.69, 9.17) is 0 Å². The molecule has 5 heteroatoms. The number of rotatable bonds is 2. The summed E-state index contributed by atoms with van der Waals surface area (Å²) in [6, 6.07) is 3.06. The van der Waals surface area contributed by atoms with E-state index in [0.29, 0.717) is 5.56 Å². The van der Waals surface area contributed by atoms with E-state index < -0.39 is 16.0 Å². The van der Waals surface area contributed by atoms with Crippen molar-refractivity contribution in [2.75, 3.05) is 0 Å². The Morgan fingerprint density at radius 1 is 1.55 bits per heavy atom. The lowest BCUT2D eigenvalue weighted by Gasteiger charge is -1.92. The lowest BCUT2D eigenvalue weighted by molar-refractivity contribution is 0.551. The predicted molar refractivity (Wildman–Crippen MR) is 38.0 cm³/mol. The fourth-order valence-corrected chi connectivity index (χ4v) is 1.25. The molecule has 0 saturated carbocycles. The molecule has 1 rings (SSSR count). The molecule has 0 saturated heterocycles. The number of halogens is 1. The van der Waals surface area contributed by atoms with Crippen LogP contribution in [-0.4, -0.2) is 13.4 Å². The van der Waals surface area contributed by atoms with Gasteiger partial charge < -0.3 is 0 Å². The van der Waals surface area contributed by atoms with Gasteiger partial charge in [-0.15, -0.1) is 3.89 Å². The zero-order chi connectivity index (χ0) is 8.32. The van der Waals surface area contributed by atoms with Crippen LogP contribution in [0.3, 0.4) is 0 Å². The molecule has 60 valence electrons. The summed E-state index contributed by atoms with van der Waals surface area (Å²) >= 11 is 0. The van der Waals surface area contributed by atoms with Crippen molar-refractivity contribution in [1.82, 2.24) is 4.98 Å². The summed E-state index contributed by atoms with van der Waals surface area (Å²) in [7, 11) is -4.42. The van der Waals surface area contributed by atoms with Crippen molar-refractivity contribution in [2.45, 2.75) is 5.75 Å². The van der Waals surface area contributed by atoms with Crippen LogP contribution in [0.1, 0.15) is 5.56 Å². The van der Waals surface area contributed by atoms with Gasteiger partial charge in [-0.05, 0) is 11.6 Å². The van der Waals surface area contributed by atoms with Gasteiger partial charge in [-0.1, -0.05) is 6.07 Å². The van der Waals surface area contributed by atoms with Gasteiger partial charge >= 0.3 is 10.2 Å². The van der Waals surface area contributed by atoms with Gasteiger partial charge in [-0.3, -0.25) is 4.98 Å². The molecular weight excluding hydrogens is 169 g/mol. The molecule has 0 fully saturated rings. The highest BCUT2D eigenvalue weighted by atomic mass is 32.3. The molecule has 0 spiro atoms. The third-order valence-electron chi connectivity index (χ3n) is 1.06. The monoisotopic (exact) mass is 175 g/mol. The zero-order valence-corrected chi connectivity index (χ0v) is 6.38. The maximum atomic E-state index is 12.0. The van der Waals surface area contributed by atoms with E-state index in [-0.39, 0.29) is 0 Å². The average molecular weight is 175 g/mol. The molecule has 0 aliphatic rings. The number of hydrogen-bond donors (Lipinski definition) is 0. The third kappa shape index (κ3) is 3.08. The van der Waals surface area contributed by atoms with Crippen molar-refractivity contribution in [2.24, 2.45) is 0 Å². The lowest BCUT2D eigenvalue weighted by atomic mass is 10.3. The van der Waals surface area contributed by atoms with Gasteiger partial charge in [0.15, 0.2) is 0 Å². The summed E-state index contributed by atoms with van der Waals surface area (Å²) < 4.78 is 32.2. The number of hydrogen-bond acceptors (Lipinski definition) is 3. The van der Waals surface area contributed by atoms with Crippen molar-refractivity contribution < 1.29 is 12.3 Å². The lowest BCUT2D eigenvalue weighted by Crippen LogP contribution is -1.95. The van der Waals surface area contributed by atoms with Crippen molar-refractivity contribution >= 4 is 10.2 Å². The van der Waals surface area contributed by atoms with Crippen LogP contribution in [0.4, 0.5) is 3.89 Å². The second kappa shape index (κ2) is 2.96. The molecule has 0 N–H and O–H groups in total. The summed E-state index contributed by atoms with van der Waals surface area (Å²) in [4.78, 5) is 3.64. The SMILES string of the molecule is O=S(=O)(F)Cc1cccnc1. The van der Waals surface area contributed by atoms with Crippen molar-refractivity contribution in [3.63, 3.8) is 0 Å². The van der Waals surface area contributed by atoms with Gasteiger partial charge in [-0.2, -0.15) is 8.42 Å². The Kier molecular flexibility index (Phi) is 2.19. The van der Waals surface area contributed by atoms with Crippen LogP contribution in [0.5, 0.6) is 0 Å². The molecule has 11 heavy (non-hydrogen) atoms. The molecule has 0 unspecified atom stereocenters. The molecule has 0 radical (unpaired) electrons. The van der Waals surface area contributed by atoms with Gasteiger partial charge in [0.1, 0.15) is 5.75 Å². The van der Waals surface area contributed by atoms with E-state index in [1.165, 1.54) is 18.5 Å². The number of pyridine rings is 1. The van der Waals surface area contributed by atoms with Gasteiger partial charge in [0.2, 0.25) is 0 Å². The summed E-state index contributed by atoms with van der Waals surface area (Å²) in [6.07, 6.45) is 2.81. The summed E-state index contributed by atoms with van der Waals surface area (Å²) in [5.41, 5.74) is 0.356. The Morgan fingerprint density at radius 3 is 2.73 bits per heavy atom. The molecule has 0 aliphatic carbocycles. The normalized spacial score (nSPS) is 11.4. The first-order chi connectivity index (χ1) is 5.08. The summed E-state index contributed by atoms with van der Waals surface area (Å²) in [5.74, 6) is -0.596. The van der Waals surface area contributed by atoms with E-state index in [0.717, 1.165) is 0 Å². The minimum atomic E-state index is -4.42. The summed E-state index contributed by atoms with van der Waals surface area (Å²) in [6.45, 7) is 0. The molecule has 3 nitrogen and oxygen atoms in total. The molecule has 0 amide bonds. The molecule has 0 atom stereocenters. The fraction of sp³-hybridized carbons (Fsp3) is 0.167. The number of nitrogens with zero attached hydrogens (tertiary/aromatic N) is 1. The van der Waals surface area contributed by atoms with Crippen molar-refractivity contribution in [3.05, 3.63) is 30.1 Å². The van der Waals surface area contributed by atoms with Gasteiger partial charge in [0, 0.05) is 12.4 Å². The second-order valence-electron chi connectivity index (χ2n) is 2.04. The van der Waals surface area contributed by atoms with Crippen LogP contribution in [0.2, 0.25) is 0 Å². The van der Waals surface area contributed by atoms with E-state index in [1.807, 2.05) is 0 Å². The maximum Gasteiger partial charge on any atom is 0.306 e. The van der Waals surface area contributed by atoms with Crippen LogP contribution in [0.25, 0.3) is 0 Å². The molecule has 1 heterocycles. The van der Waals surface area contributed by atoms with Crippen LogP contribution in [0, 0.1) is 0 Å². The third-order valence-corrected chi connectivity index (χ3v) is 1.74. The largest absolute Gasteiger partial charge is 0.306 e. The molecular formula is C6H6FNO2S. The molecule has 1 aromatic rings. The average Bonchev–Trinajstić information content (AvgIpc) is 1.85. The smallest absolute Gasteiger partial charge is 0.264 e. The predicted octanol–water partition coefficient (Wildman–Crippen LogP) is 0.881. The van der Waals surface area contributed by atoms with Crippen molar-refractivity contribution in [3.8, 4) is 0 Å². The zero-order valence-electron chi connectivity index (χ0n) is 5.57. The van der Waals surface area contributed by atoms with Crippen LogP contribution < -0.4 is 0 Å². The molecule has 0 aromatic carbocycles. The van der Waals surface area contributed by atoms with E-state index >= 15 is 0 Å². The van der Waals surface area contributed by atoms with E-state index in [1.54, 1.807) is 6.07 Å². The highest BCUT2D eigenvalue weighted by Crippen LogP contribution is 2.04. The van der Waals surface area contributed by atoms with E-state index in [9.17, 15) is 12.3 Å². The van der Waals surface area contributed by atoms with Crippen LogP contribution in [-0.2, 0) is 16.0 Å². The topological polar surface area (TPSA) is 47.0 Å². The minimum Gasteiger partial charge on any atom is -0.264 e. The minimum absolute atomic E-state index is 0.356. The molecule has 0 bridgehead atoms. The number of aromatic nitrogens is 1. The van der Waals surface area contributed by atoms with Gasteiger partial charge in [0.05, 0.1) is 0 Å². The van der Waals surface area contributed by atoms with Crippen LogP contribution in [0.15, 0.2) is 24.5 Å². The maximum absolute atomic E-state index is 12.0. The Bertz CT molecular complexity index is 322. The second-order valence-corrected chi connectivity index (χ2v) is 3.41. The molecule has 1 aromatic heterocycles. The Labute approximate surface area is 64.1 Å². The van der Waals surface area contributed by atoms with Gasteiger partial charge in [0.25, 0.3) is 0 Å². The Morgan fingerprint density at radius 2 is 2.27 bits per heavy atom. The van der Waals surface area contributed by atoms with Crippen molar-refractivity contribution in [1.29, 1.82) is 0 Å². The molecule has 0 aliphatic heterocycles. The first kappa shape index (κ1) is 8.13. The first-order valence-electron chi connectivity index (χ1n) is 2.89.